The van der Waals surface area contributed by atoms with Crippen molar-refractivity contribution >= 4 is 28.7 Å². The van der Waals surface area contributed by atoms with Crippen LogP contribution in [0.3, 0.4) is 0 Å². The van der Waals surface area contributed by atoms with Crippen LogP contribution in [-0.4, -0.2) is 45.6 Å². The second-order valence-corrected chi connectivity index (χ2v) is 5.98. The van der Waals surface area contributed by atoms with Crippen LogP contribution in [-0.2, 0) is 11.2 Å². The fourth-order valence-corrected chi connectivity index (χ4v) is 2.59. The van der Waals surface area contributed by atoms with Gasteiger partial charge in [0, 0.05) is 13.0 Å². The van der Waals surface area contributed by atoms with Crippen LogP contribution in [0.5, 0.6) is 0 Å². The summed E-state index contributed by atoms with van der Waals surface area (Å²) in [5, 5.41) is 12.4. The van der Waals surface area contributed by atoms with Gasteiger partial charge in [0.2, 0.25) is 5.91 Å². The maximum absolute atomic E-state index is 11.7. The van der Waals surface area contributed by atoms with Gasteiger partial charge in [0.1, 0.15) is 11.9 Å². The number of amides is 1. The van der Waals surface area contributed by atoms with Crippen molar-refractivity contribution in [2.75, 3.05) is 18.6 Å². The highest BCUT2D eigenvalue weighted by Crippen LogP contribution is 2.15. The van der Waals surface area contributed by atoms with Crippen molar-refractivity contribution in [3.8, 4) is 0 Å². The quantitative estimate of drug-likeness (QED) is 0.727. The molecule has 6 heteroatoms. The van der Waals surface area contributed by atoms with Gasteiger partial charge in [0.05, 0.1) is 11.0 Å². The van der Waals surface area contributed by atoms with Crippen LogP contribution in [0.25, 0.3) is 11.0 Å². The number of carbonyl (C=O) groups is 1. The normalized spacial score (nSPS) is 12.5. The van der Waals surface area contributed by atoms with E-state index in [1.807, 2.05) is 31.4 Å². The van der Waals surface area contributed by atoms with E-state index in [-0.39, 0.29) is 5.91 Å². The van der Waals surface area contributed by atoms with E-state index in [0.717, 1.165) is 28.2 Å². The molecule has 1 atom stereocenters. The Hall–Kier alpha value is -1.53. The van der Waals surface area contributed by atoms with Gasteiger partial charge in [-0.3, -0.25) is 4.79 Å². The predicted molar refractivity (Wildman–Crippen MR) is 86.6 cm³/mol. The number of fused-ring (bicyclic) bond motifs is 1. The summed E-state index contributed by atoms with van der Waals surface area (Å²) in [6.07, 6.45) is 2.13. The number of aromatic nitrogens is 2. The van der Waals surface area contributed by atoms with Gasteiger partial charge in [-0.25, -0.2) is 4.98 Å². The zero-order valence-electron chi connectivity index (χ0n) is 12.3. The number of aliphatic hydroxyl groups is 1. The van der Waals surface area contributed by atoms with Gasteiger partial charge in [-0.1, -0.05) is 12.1 Å². The van der Waals surface area contributed by atoms with E-state index >= 15 is 0 Å². The first-order valence-electron chi connectivity index (χ1n) is 7.00. The van der Waals surface area contributed by atoms with Gasteiger partial charge < -0.3 is 15.4 Å². The molecule has 0 aliphatic rings. The van der Waals surface area contributed by atoms with Gasteiger partial charge in [0.15, 0.2) is 0 Å². The number of carbonyl (C=O) groups excluding carboxylic acids is 1. The number of hydrogen-bond donors (Lipinski definition) is 3. The van der Waals surface area contributed by atoms with Crippen LogP contribution in [0.15, 0.2) is 18.2 Å². The lowest BCUT2D eigenvalue weighted by Crippen LogP contribution is -2.36. The minimum atomic E-state index is -0.921. The van der Waals surface area contributed by atoms with Crippen LogP contribution in [0, 0.1) is 6.92 Å². The molecule has 1 unspecified atom stereocenters. The smallest absolute Gasteiger partial charge is 0.248 e. The van der Waals surface area contributed by atoms with Crippen molar-refractivity contribution < 1.29 is 9.90 Å². The van der Waals surface area contributed by atoms with E-state index in [0.29, 0.717) is 19.4 Å². The maximum atomic E-state index is 11.7. The number of aromatic amines is 1. The lowest BCUT2D eigenvalue weighted by Gasteiger charge is -2.09. The Morgan fingerprint density at radius 1 is 1.52 bits per heavy atom. The van der Waals surface area contributed by atoms with E-state index in [1.54, 1.807) is 11.8 Å². The Bertz CT molecular complexity index is 612. The number of imidazole rings is 1. The van der Waals surface area contributed by atoms with E-state index in [9.17, 15) is 9.90 Å². The molecule has 2 rings (SSSR count). The molecule has 1 amide bonds. The highest BCUT2D eigenvalue weighted by atomic mass is 32.2. The standard InChI is InChI=1S/C15H21N3O2S/c1-10-4-3-5-11-14(10)18-13(17-11)6-8-16-15(20)12(19)7-9-21-2/h3-5,12,19H,6-9H2,1-2H3,(H,16,20)(H,17,18). The number of H-pyrrole nitrogens is 1. The molecular weight excluding hydrogens is 286 g/mol. The fourth-order valence-electron chi connectivity index (χ4n) is 2.13. The van der Waals surface area contributed by atoms with E-state index in [4.69, 9.17) is 0 Å². The van der Waals surface area contributed by atoms with Crippen molar-refractivity contribution in [3.05, 3.63) is 29.6 Å². The van der Waals surface area contributed by atoms with Gasteiger partial charge in [0.25, 0.3) is 0 Å². The molecule has 21 heavy (non-hydrogen) atoms. The van der Waals surface area contributed by atoms with Gasteiger partial charge >= 0.3 is 0 Å². The zero-order valence-corrected chi connectivity index (χ0v) is 13.2. The fraction of sp³-hybridized carbons (Fsp3) is 0.467. The second-order valence-electron chi connectivity index (χ2n) is 4.99. The van der Waals surface area contributed by atoms with E-state index in [1.165, 1.54) is 0 Å². The van der Waals surface area contributed by atoms with Crippen LogP contribution < -0.4 is 5.32 Å². The Morgan fingerprint density at radius 3 is 3.05 bits per heavy atom. The first-order valence-corrected chi connectivity index (χ1v) is 8.40. The molecule has 0 radical (unpaired) electrons. The molecule has 0 spiro atoms. The molecule has 1 heterocycles. The van der Waals surface area contributed by atoms with Gasteiger partial charge in [-0.15, -0.1) is 0 Å². The third kappa shape index (κ3) is 4.22. The number of nitrogens with zero attached hydrogens (tertiary/aromatic N) is 1. The first kappa shape index (κ1) is 15.9. The van der Waals surface area contributed by atoms with Gasteiger partial charge in [-0.2, -0.15) is 11.8 Å². The van der Waals surface area contributed by atoms with E-state index < -0.39 is 6.10 Å². The number of rotatable bonds is 7. The average Bonchev–Trinajstić information content (AvgIpc) is 2.89. The summed E-state index contributed by atoms with van der Waals surface area (Å²) in [7, 11) is 0. The Morgan fingerprint density at radius 2 is 2.33 bits per heavy atom. The number of para-hydroxylation sites is 1. The molecule has 3 N–H and O–H groups in total. The predicted octanol–water partition coefficient (Wildman–Crippen LogP) is 1.64. The van der Waals surface area contributed by atoms with Crippen LogP contribution >= 0.6 is 11.8 Å². The number of nitrogens with one attached hydrogen (secondary N) is 2. The molecule has 1 aromatic heterocycles. The summed E-state index contributed by atoms with van der Waals surface area (Å²) in [5.74, 6) is 1.31. The summed E-state index contributed by atoms with van der Waals surface area (Å²) in [6, 6.07) is 6.00. The maximum Gasteiger partial charge on any atom is 0.248 e. The highest BCUT2D eigenvalue weighted by Gasteiger charge is 2.13. The van der Waals surface area contributed by atoms with Crippen LogP contribution in [0.4, 0.5) is 0 Å². The Labute approximate surface area is 128 Å². The topological polar surface area (TPSA) is 78.0 Å². The van der Waals surface area contributed by atoms with Crippen LogP contribution in [0.1, 0.15) is 17.8 Å². The minimum absolute atomic E-state index is 0.309. The molecule has 0 bridgehead atoms. The molecule has 0 fully saturated rings. The number of thioether (sulfide) groups is 1. The number of hydrogen-bond acceptors (Lipinski definition) is 4. The van der Waals surface area contributed by atoms with Gasteiger partial charge in [-0.05, 0) is 37.0 Å². The molecule has 0 aliphatic heterocycles. The highest BCUT2D eigenvalue weighted by molar-refractivity contribution is 7.98. The molecule has 2 aromatic rings. The molecule has 5 nitrogen and oxygen atoms in total. The molecule has 1 aromatic carbocycles. The van der Waals surface area contributed by atoms with Crippen molar-refractivity contribution in [2.45, 2.75) is 25.9 Å². The monoisotopic (exact) mass is 307 g/mol. The largest absolute Gasteiger partial charge is 0.383 e. The molecule has 0 aliphatic carbocycles. The minimum Gasteiger partial charge on any atom is -0.383 e. The van der Waals surface area contributed by atoms with E-state index in [2.05, 4.69) is 15.3 Å². The molecule has 0 saturated heterocycles. The third-order valence-electron chi connectivity index (χ3n) is 3.32. The van der Waals surface area contributed by atoms with Crippen molar-refractivity contribution in [2.24, 2.45) is 0 Å². The molecule has 114 valence electrons. The lowest BCUT2D eigenvalue weighted by molar-refractivity contribution is -0.129. The second kappa shape index (κ2) is 7.47. The first-order chi connectivity index (χ1) is 10.1. The lowest BCUT2D eigenvalue weighted by atomic mass is 10.2. The summed E-state index contributed by atoms with van der Waals surface area (Å²) in [6.45, 7) is 2.49. The summed E-state index contributed by atoms with van der Waals surface area (Å²) >= 11 is 1.62. The third-order valence-corrected chi connectivity index (χ3v) is 3.97. The average molecular weight is 307 g/mol. The number of benzene rings is 1. The molecule has 0 saturated carbocycles. The van der Waals surface area contributed by atoms with Crippen molar-refractivity contribution in [1.29, 1.82) is 0 Å². The Balaban J connectivity index is 1.85. The summed E-state index contributed by atoms with van der Waals surface area (Å²) in [4.78, 5) is 19.4. The van der Waals surface area contributed by atoms with Crippen LogP contribution in [0.2, 0.25) is 0 Å². The summed E-state index contributed by atoms with van der Waals surface area (Å²) < 4.78 is 0. The molecular formula is C15H21N3O2S. The summed E-state index contributed by atoms with van der Waals surface area (Å²) in [5.41, 5.74) is 3.11. The van der Waals surface area contributed by atoms with Crippen molar-refractivity contribution in [3.63, 3.8) is 0 Å². The Kier molecular flexibility index (Phi) is 5.64. The van der Waals surface area contributed by atoms with Crippen molar-refractivity contribution in [1.82, 2.24) is 15.3 Å². The SMILES string of the molecule is CSCCC(O)C(=O)NCCc1nc2c(C)cccc2[nH]1. The zero-order chi connectivity index (χ0) is 15.2. The number of aryl methyl sites for hydroxylation is 1. The number of aliphatic hydroxyl groups excluding tert-OH is 1.